The normalized spacial score (nSPS) is 18.9. The van der Waals surface area contributed by atoms with E-state index in [1.165, 1.54) is 12.1 Å². The van der Waals surface area contributed by atoms with E-state index in [2.05, 4.69) is 5.32 Å². The number of hydrogen-bond donors (Lipinski definition) is 1. The highest BCUT2D eigenvalue weighted by Crippen LogP contribution is 2.24. The fourth-order valence-electron chi connectivity index (χ4n) is 2.65. The topological polar surface area (TPSA) is 32.3 Å². The summed E-state index contributed by atoms with van der Waals surface area (Å²) in [4.78, 5) is 13.7. The van der Waals surface area contributed by atoms with Crippen molar-refractivity contribution in [2.75, 3.05) is 13.1 Å². The first-order valence-electron chi connectivity index (χ1n) is 7.05. The third-order valence-corrected chi connectivity index (χ3v) is 3.63. The molecular weight excluding hydrogens is 262 g/mol. The summed E-state index contributed by atoms with van der Waals surface area (Å²) in [6.07, 6.45) is 2.22. The third kappa shape index (κ3) is 3.76. The van der Waals surface area contributed by atoms with Crippen LogP contribution in [0.15, 0.2) is 18.2 Å². The molecule has 1 fully saturated rings. The van der Waals surface area contributed by atoms with Crippen molar-refractivity contribution in [1.82, 2.24) is 10.2 Å². The number of hydrogen-bond acceptors (Lipinski definition) is 2. The number of benzene rings is 1. The predicted octanol–water partition coefficient (Wildman–Crippen LogP) is 2.46. The number of nitrogens with one attached hydrogen (secondary N) is 1. The van der Waals surface area contributed by atoms with E-state index in [4.69, 9.17) is 0 Å². The maximum atomic E-state index is 13.2. The molecule has 2 rings (SSSR count). The molecule has 3 nitrogen and oxygen atoms in total. The molecule has 1 N–H and O–H groups in total. The zero-order valence-corrected chi connectivity index (χ0v) is 11.7. The Balaban J connectivity index is 2.02. The summed E-state index contributed by atoms with van der Waals surface area (Å²) in [7, 11) is 0. The summed E-state index contributed by atoms with van der Waals surface area (Å²) in [6, 6.07) is 3.58. The van der Waals surface area contributed by atoms with Crippen LogP contribution < -0.4 is 5.32 Å². The summed E-state index contributed by atoms with van der Waals surface area (Å²) in [5.74, 6) is -1.14. The van der Waals surface area contributed by atoms with E-state index >= 15 is 0 Å². The lowest BCUT2D eigenvalue weighted by molar-refractivity contribution is -0.129. The van der Waals surface area contributed by atoms with E-state index in [1.54, 1.807) is 4.90 Å². The summed E-state index contributed by atoms with van der Waals surface area (Å²) in [5.41, 5.74) is 0.506. The Labute approximate surface area is 118 Å². The van der Waals surface area contributed by atoms with Crippen LogP contribution in [0.4, 0.5) is 8.78 Å². The van der Waals surface area contributed by atoms with Gasteiger partial charge in [-0.2, -0.15) is 0 Å². The molecule has 1 amide bonds. The van der Waals surface area contributed by atoms with Gasteiger partial charge in [0, 0.05) is 25.1 Å². The van der Waals surface area contributed by atoms with Gasteiger partial charge in [0.05, 0.1) is 0 Å². The smallest absolute Gasteiger partial charge is 0.223 e. The second kappa shape index (κ2) is 6.79. The highest BCUT2D eigenvalue weighted by atomic mass is 19.1. The molecule has 20 heavy (non-hydrogen) atoms. The van der Waals surface area contributed by atoms with E-state index < -0.39 is 11.6 Å². The highest BCUT2D eigenvalue weighted by molar-refractivity contribution is 5.78. The van der Waals surface area contributed by atoms with Crippen LogP contribution in [0.2, 0.25) is 0 Å². The zero-order chi connectivity index (χ0) is 14.5. The summed E-state index contributed by atoms with van der Waals surface area (Å²) < 4.78 is 26.4. The lowest BCUT2D eigenvalue weighted by atomic mass is 10.1. The minimum atomic E-state index is -0.601. The van der Waals surface area contributed by atoms with Crippen molar-refractivity contribution in [3.05, 3.63) is 35.4 Å². The Kier molecular flexibility index (Phi) is 5.06. The summed E-state index contributed by atoms with van der Waals surface area (Å²) >= 11 is 0. The average Bonchev–Trinajstić information content (AvgIpc) is 2.71. The lowest BCUT2D eigenvalue weighted by Gasteiger charge is -2.25. The number of halogens is 2. The Hall–Kier alpha value is -1.49. The van der Waals surface area contributed by atoms with Gasteiger partial charge in [0.25, 0.3) is 0 Å². The quantitative estimate of drug-likeness (QED) is 0.813. The van der Waals surface area contributed by atoms with Crippen LogP contribution in [0.3, 0.4) is 0 Å². The number of nitrogens with zero attached hydrogens (tertiary/aromatic N) is 1. The molecule has 0 aliphatic carbocycles. The van der Waals surface area contributed by atoms with Gasteiger partial charge in [0.1, 0.15) is 11.6 Å². The molecule has 0 aromatic heterocycles. The van der Waals surface area contributed by atoms with Gasteiger partial charge in [-0.05, 0) is 43.6 Å². The number of carbonyl (C=O) groups is 1. The van der Waals surface area contributed by atoms with Crippen LogP contribution in [0.25, 0.3) is 0 Å². The molecule has 1 aliphatic rings. The molecule has 1 saturated heterocycles. The molecule has 110 valence electrons. The first-order chi connectivity index (χ1) is 9.60. The summed E-state index contributed by atoms with van der Waals surface area (Å²) in [6.45, 7) is 4.07. The standard InChI is InChI=1S/C15H20F2N2O/c1-2-18-6-5-14-3-4-15(20)19(14)10-11-7-12(16)9-13(17)8-11/h7-9,14,18H,2-6,10H2,1H3. The molecular formula is C15H20F2N2O. The second-order valence-electron chi connectivity index (χ2n) is 5.13. The van der Waals surface area contributed by atoms with Crippen LogP contribution in [-0.2, 0) is 11.3 Å². The zero-order valence-electron chi connectivity index (χ0n) is 11.7. The van der Waals surface area contributed by atoms with E-state index in [0.717, 1.165) is 32.0 Å². The number of rotatable bonds is 6. The maximum absolute atomic E-state index is 13.2. The van der Waals surface area contributed by atoms with Crippen LogP contribution >= 0.6 is 0 Å². The van der Waals surface area contributed by atoms with Gasteiger partial charge in [0.15, 0.2) is 0 Å². The molecule has 0 spiro atoms. The Morgan fingerprint density at radius 2 is 2.00 bits per heavy atom. The third-order valence-electron chi connectivity index (χ3n) is 3.63. The van der Waals surface area contributed by atoms with E-state index in [-0.39, 0.29) is 18.5 Å². The molecule has 5 heteroatoms. The molecule has 0 radical (unpaired) electrons. The maximum Gasteiger partial charge on any atom is 0.223 e. The molecule has 1 atom stereocenters. The van der Waals surface area contributed by atoms with E-state index in [0.29, 0.717) is 12.0 Å². The first-order valence-corrected chi connectivity index (χ1v) is 7.05. The van der Waals surface area contributed by atoms with Crippen molar-refractivity contribution >= 4 is 5.91 Å². The first kappa shape index (κ1) is 14.9. The average molecular weight is 282 g/mol. The molecule has 1 aromatic carbocycles. The van der Waals surface area contributed by atoms with Crippen molar-refractivity contribution in [2.24, 2.45) is 0 Å². The fourth-order valence-corrected chi connectivity index (χ4v) is 2.65. The molecule has 1 heterocycles. The van der Waals surface area contributed by atoms with Crippen molar-refractivity contribution in [2.45, 2.75) is 38.8 Å². The van der Waals surface area contributed by atoms with Gasteiger partial charge >= 0.3 is 0 Å². The van der Waals surface area contributed by atoms with Crippen LogP contribution in [-0.4, -0.2) is 29.9 Å². The number of likely N-dealkylation sites (tertiary alicyclic amines) is 1. The van der Waals surface area contributed by atoms with Gasteiger partial charge in [-0.3, -0.25) is 4.79 Å². The van der Waals surface area contributed by atoms with Crippen molar-refractivity contribution in [1.29, 1.82) is 0 Å². The SMILES string of the molecule is CCNCCC1CCC(=O)N1Cc1cc(F)cc(F)c1. The minimum Gasteiger partial charge on any atom is -0.335 e. The van der Waals surface area contributed by atoms with Gasteiger partial charge in [-0.15, -0.1) is 0 Å². The fraction of sp³-hybridized carbons (Fsp3) is 0.533. The van der Waals surface area contributed by atoms with Gasteiger partial charge in [-0.25, -0.2) is 8.78 Å². The molecule has 1 aliphatic heterocycles. The molecule has 0 bridgehead atoms. The van der Waals surface area contributed by atoms with E-state index in [1.807, 2.05) is 6.92 Å². The molecule has 0 saturated carbocycles. The monoisotopic (exact) mass is 282 g/mol. The van der Waals surface area contributed by atoms with E-state index in [9.17, 15) is 13.6 Å². The lowest BCUT2D eigenvalue weighted by Crippen LogP contribution is -2.34. The van der Waals surface area contributed by atoms with Crippen molar-refractivity contribution < 1.29 is 13.6 Å². The second-order valence-corrected chi connectivity index (χ2v) is 5.13. The largest absolute Gasteiger partial charge is 0.335 e. The Morgan fingerprint density at radius 3 is 2.65 bits per heavy atom. The van der Waals surface area contributed by atoms with Crippen LogP contribution in [0.5, 0.6) is 0 Å². The predicted molar refractivity (Wildman–Crippen MR) is 73.1 cm³/mol. The Bertz CT molecular complexity index is 459. The van der Waals surface area contributed by atoms with Crippen LogP contribution in [0, 0.1) is 11.6 Å². The number of carbonyl (C=O) groups excluding carboxylic acids is 1. The van der Waals surface area contributed by atoms with Crippen LogP contribution in [0.1, 0.15) is 31.7 Å². The Morgan fingerprint density at radius 1 is 1.30 bits per heavy atom. The van der Waals surface area contributed by atoms with Crippen molar-refractivity contribution in [3.8, 4) is 0 Å². The van der Waals surface area contributed by atoms with Gasteiger partial charge in [0.2, 0.25) is 5.91 Å². The molecule has 1 unspecified atom stereocenters. The summed E-state index contributed by atoms with van der Waals surface area (Å²) in [5, 5.41) is 3.23. The highest BCUT2D eigenvalue weighted by Gasteiger charge is 2.30. The van der Waals surface area contributed by atoms with Crippen molar-refractivity contribution in [3.63, 3.8) is 0 Å². The molecule has 1 aromatic rings. The van der Waals surface area contributed by atoms with Gasteiger partial charge < -0.3 is 10.2 Å². The van der Waals surface area contributed by atoms with Gasteiger partial charge in [-0.1, -0.05) is 6.92 Å². The minimum absolute atomic E-state index is 0.0659. The number of amides is 1.